The quantitative estimate of drug-likeness (QED) is 0.191. The highest BCUT2D eigenvalue weighted by Gasteiger charge is 2.70. The Morgan fingerprint density at radius 2 is 1.64 bits per heavy atom. The Bertz CT molecular complexity index is 1220. The normalized spacial score (nSPS) is 41.4. The summed E-state index contributed by atoms with van der Waals surface area (Å²) in [4.78, 5) is 37.3. The van der Waals surface area contributed by atoms with Gasteiger partial charge in [-0.3, -0.25) is 14.4 Å². The van der Waals surface area contributed by atoms with E-state index in [0.29, 0.717) is 32.1 Å². The van der Waals surface area contributed by atoms with E-state index < -0.39 is 64.1 Å². The zero-order chi connectivity index (χ0) is 33.7. The van der Waals surface area contributed by atoms with Crippen molar-refractivity contribution in [3.05, 3.63) is 23.3 Å². The van der Waals surface area contributed by atoms with Crippen molar-refractivity contribution in [3.63, 3.8) is 0 Å². The second-order valence-corrected chi connectivity index (χ2v) is 15.7. The molecule has 11 atom stereocenters. The van der Waals surface area contributed by atoms with E-state index >= 15 is 0 Å². The monoisotopic (exact) mass is 632 g/mol. The Kier molecular flexibility index (Phi) is 10.1. The van der Waals surface area contributed by atoms with Crippen LogP contribution >= 0.6 is 0 Å². The molecule has 4 aliphatic carbocycles. The number of fused-ring (bicyclic) bond motifs is 4. The van der Waals surface area contributed by atoms with Gasteiger partial charge in [0.05, 0.1) is 18.3 Å². The van der Waals surface area contributed by atoms with E-state index in [4.69, 9.17) is 14.2 Å². The number of aliphatic hydroxyl groups excluding tert-OH is 2. The van der Waals surface area contributed by atoms with Crippen molar-refractivity contribution in [3.8, 4) is 0 Å². The van der Waals surface area contributed by atoms with Crippen LogP contribution in [0, 0.1) is 39.9 Å². The third-order valence-corrected chi connectivity index (χ3v) is 12.4. The van der Waals surface area contributed by atoms with Crippen LogP contribution in [-0.4, -0.2) is 69.9 Å². The fourth-order valence-electron chi connectivity index (χ4n) is 10.5. The molecule has 4 rings (SSSR count). The van der Waals surface area contributed by atoms with Crippen LogP contribution in [0.2, 0.25) is 0 Å². The van der Waals surface area contributed by atoms with E-state index in [1.807, 2.05) is 32.9 Å². The van der Waals surface area contributed by atoms with Crippen molar-refractivity contribution in [2.24, 2.45) is 39.9 Å². The van der Waals surface area contributed by atoms with Gasteiger partial charge in [-0.15, -0.1) is 0 Å². The Hall–Kier alpha value is -2.23. The first-order valence-corrected chi connectivity index (χ1v) is 16.7. The second kappa shape index (κ2) is 12.8. The molecule has 0 aromatic carbocycles. The number of ether oxygens (including phenoxy) is 3. The molecular formula is C36H56O9. The Labute approximate surface area is 268 Å². The molecule has 9 nitrogen and oxygen atoms in total. The van der Waals surface area contributed by atoms with Crippen LogP contribution in [0.4, 0.5) is 0 Å². The SMILES string of the molecule is CC(=O)O[C@H]1C[C@@H]2C(=C[C@@H](OC(C)=O)[C@]3(C)[C@@H]([C@H](C)CC/C=C(\C)CO)[C@@H](O)C[C@@]23C)C[C@]2(O)CC[C@H](OC(C)=O)C(C)(C)[C@H]12. The minimum Gasteiger partial charge on any atom is -0.462 e. The van der Waals surface area contributed by atoms with Crippen molar-refractivity contribution in [1.29, 1.82) is 0 Å². The van der Waals surface area contributed by atoms with Gasteiger partial charge in [0.25, 0.3) is 0 Å². The van der Waals surface area contributed by atoms with Crippen LogP contribution in [-0.2, 0) is 28.6 Å². The molecule has 0 amide bonds. The first-order valence-electron chi connectivity index (χ1n) is 16.7. The van der Waals surface area contributed by atoms with Gasteiger partial charge in [0.1, 0.15) is 18.3 Å². The fourth-order valence-corrected chi connectivity index (χ4v) is 10.5. The van der Waals surface area contributed by atoms with Gasteiger partial charge in [0.2, 0.25) is 0 Å². The van der Waals surface area contributed by atoms with Crippen molar-refractivity contribution in [1.82, 2.24) is 0 Å². The third-order valence-electron chi connectivity index (χ3n) is 12.4. The molecule has 0 aromatic rings. The molecule has 0 bridgehead atoms. The summed E-state index contributed by atoms with van der Waals surface area (Å²) >= 11 is 0. The van der Waals surface area contributed by atoms with Gasteiger partial charge in [-0.25, -0.2) is 0 Å². The highest BCUT2D eigenvalue weighted by Crippen LogP contribution is 2.70. The lowest BCUT2D eigenvalue weighted by Crippen LogP contribution is -2.60. The van der Waals surface area contributed by atoms with E-state index in [9.17, 15) is 29.7 Å². The van der Waals surface area contributed by atoms with Crippen molar-refractivity contribution < 1.29 is 43.9 Å². The largest absolute Gasteiger partial charge is 0.462 e. The van der Waals surface area contributed by atoms with Gasteiger partial charge in [0.15, 0.2) is 0 Å². The van der Waals surface area contributed by atoms with Gasteiger partial charge in [-0.05, 0) is 81.1 Å². The first kappa shape index (κ1) is 35.6. The Balaban J connectivity index is 1.84. The lowest BCUT2D eigenvalue weighted by Gasteiger charge is -2.56. The molecule has 0 heterocycles. The number of rotatable bonds is 8. The molecule has 0 spiro atoms. The van der Waals surface area contributed by atoms with Crippen LogP contribution in [0.15, 0.2) is 23.3 Å². The number of allylic oxidation sites excluding steroid dienone is 1. The predicted octanol–water partition coefficient (Wildman–Crippen LogP) is 5.05. The molecule has 0 unspecified atom stereocenters. The lowest BCUT2D eigenvalue weighted by atomic mass is 9.49. The van der Waals surface area contributed by atoms with Crippen LogP contribution in [0.5, 0.6) is 0 Å². The summed E-state index contributed by atoms with van der Waals surface area (Å²) in [5.74, 6) is -2.04. The molecule has 0 aliphatic heterocycles. The van der Waals surface area contributed by atoms with Gasteiger partial charge in [-0.2, -0.15) is 0 Å². The standard InChI is InChI=1S/C36H56O9/c1-20(19-37)11-10-12-21(2)31-27(41)18-34(8)26-16-28(43-22(3)38)32-33(6,7)29(44-23(4)39)13-14-36(32,42)17-25(26)15-30(35(31,34)9)45-24(5)40/h11,15,21,26-32,37,41-42H,10,12-14,16-19H2,1-9H3/b20-11+/t21-,26-,27+,28+,29+,30-,31+,32+,34+,35-,36-/m1/s1. The van der Waals surface area contributed by atoms with Crippen LogP contribution in [0.25, 0.3) is 0 Å². The van der Waals surface area contributed by atoms with E-state index in [0.717, 1.165) is 24.0 Å². The average molecular weight is 633 g/mol. The van der Waals surface area contributed by atoms with Crippen LogP contribution < -0.4 is 0 Å². The van der Waals surface area contributed by atoms with Crippen LogP contribution in [0.3, 0.4) is 0 Å². The molecule has 3 saturated carbocycles. The molecule has 9 heteroatoms. The summed E-state index contributed by atoms with van der Waals surface area (Å²) in [6.07, 6.45) is 5.24. The summed E-state index contributed by atoms with van der Waals surface area (Å²) in [7, 11) is 0. The van der Waals surface area contributed by atoms with Crippen molar-refractivity contribution >= 4 is 17.9 Å². The summed E-state index contributed by atoms with van der Waals surface area (Å²) in [5, 5.41) is 33.9. The number of hydrogen-bond acceptors (Lipinski definition) is 9. The van der Waals surface area contributed by atoms with E-state index in [1.165, 1.54) is 20.8 Å². The predicted molar refractivity (Wildman–Crippen MR) is 168 cm³/mol. The fraction of sp³-hybridized carbons (Fsp3) is 0.806. The smallest absolute Gasteiger partial charge is 0.303 e. The topological polar surface area (TPSA) is 140 Å². The maximum Gasteiger partial charge on any atom is 0.303 e. The summed E-state index contributed by atoms with van der Waals surface area (Å²) in [6, 6.07) is 0. The van der Waals surface area contributed by atoms with Gasteiger partial charge in [-0.1, -0.05) is 51.8 Å². The van der Waals surface area contributed by atoms with Gasteiger partial charge < -0.3 is 29.5 Å². The van der Waals surface area contributed by atoms with E-state index in [2.05, 4.69) is 20.8 Å². The lowest BCUT2D eigenvalue weighted by molar-refractivity contribution is -0.208. The van der Waals surface area contributed by atoms with Crippen molar-refractivity contribution in [2.45, 2.75) is 137 Å². The zero-order valence-corrected chi connectivity index (χ0v) is 28.7. The number of carbonyl (C=O) groups excluding carboxylic acids is 3. The number of hydrogen-bond donors (Lipinski definition) is 3. The highest BCUT2D eigenvalue weighted by molar-refractivity contribution is 5.67. The molecule has 0 radical (unpaired) electrons. The molecule has 4 aliphatic rings. The highest BCUT2D eigenvalue weighted by atomic mass is 16.6. The molecule has 3 N–H and O–H groups in total. The van der Waals surface area contributed by atoms with E-state index in [-0.39, 0.29) is 30.3 Å². The Morgan fingerprint density at radius 3 is 2.22 bits per heavy atom. The van der Waals surface area contributed by atoms with Crippen LogP contribution in [0.1, 0.15) is 107 Å². The minimum atomic E-state index is -1.26. The molecule has 45 heavy (non-hydrogen) atoms. The Morgan fingerprint density at radius 1 is 1.02 bits per heavy atom. The summed E-state index contributed by atoms with van der Waals surface area (Å²) < 4.78 is 18.0. The molecular weight excluding hydrogens is 576 g/mol. The van der Waals surface area contributed by atoms with E-state index in [1.54, 1.807) is 0 Å². The minimum absolute atomic E-state index is 0.00920. The maximum atomic E-state index is 12.6. The number of carbonyl (C=O) groups is 3. The summed E-state index contributed by atoms with van der Waals surface area (Å²) in [5.41, 5.74) is -1.32. The number of esters is 3. The van der Waals surface area contributed by atoms with Crippen molar-refractivity contribution in [2.75, 3.05) is 6.61 Å². The molecule has 254 valence electrons. The summed E-state index contributed by atoms with van der Waals surface area (Å²) in [6.45, 7) is 16.5. The number of aliphatic hydroxyl groups is 3. The third kappa shape index (κ3) is 6.26. The molecule has 0 aromatic heterocycles. The average Bonchev–Trinajstić information content (AvgIpc) is 3.03. The first-order chi connectivity index (χ1) is 20.8. The second-order valence-electron chi connectivity index (χ2n) is 15.7. The molecule has 3 fully saturated rings. The van der Waals surface area contributed by atoms with Gasteiger partial charge >= 0.3 is 17.9 Å². The molecule has 0 saturated heterocycles. The maximum absolute atomic E-state index is 12.6. The van der Waals surface area contributed by atoms with Gasteiger partial charge in [0, 0.05) is 37.5 Å². The zero-order valence-electron chi connectivity index (χ0n) is 28.7.